The molecule has 0 radical (unpaired) electrons. The van der Waals surface area contributed by atoms with Crippen LogP contribution in [0.25, 0.3) is 11.0 Å². The highest BCUT2D eigenvalue weighted by Crippen LogP contribution is 2.27. The normalized spacial score (nSPS) is 17.3. The fraction of sp³-hybridized carbons (Fsp3) is 0.458. The molecule has 0 bridgehead atoms. The van der Waals surface area contributed by atoms with Gasteiger partial charge >= 0.3 is 0 Å². The molecule has 176 valence electrons. The molecule has 1 amide bonds. The molecular weight excluding hydrogens is 438 g/mol. The van der Waals surface area contributed by atoms with Crippen LogP contribution in [0.4, 0.5) is 0 Å². The largest absolute Gasteiger partial charge is 0.351 e. The molecule has 33 heavy (non-hydrogen) atoms. The summed E-state index contributed by atoms with van der Waals surface area (Å²) in [5.74, 6) is -0.257. The standard InChI is InChI=1S/C24H31N5O3S/c1-3-14-28-22-13-12-20(16-21(22)26-27-28)33(31,32)29-15-6-5-7-23(29)24(30)25-17-19-10-8-18(4-2)9-11-19/h8-13,16,23H,3-7,14-15,17H2,1-2H3,(H,25,30). The molecule has 1 aromatic heterocycles. The van der Waals surface area contributed by atoms with Gasteiger partial charge in [0, 0.05) is 19.6 Å². The van der Waals surface area contributed by atoms with Crippen LogP contribution < -0.4 is 5.32 Å². The highest BCUT2D eigenvalue weighted by molar-refractivity contribution is 7.89. The number of piperidine rings is 1. The second kappa shape index (κ2) is 10.0. The molecule has 0 saturated carbocycles. The molecule has 9 heteroatoms. The summed E-state index contributed by atoms with van der Waals surface area (Å²) in [5.41, 5.74) is 3.57. The first-order valence-electron chi connectivity index (χ1n) is 11.6. The Labute approximate surface area is 195 Å². The maximum absolute atomic E-state index is 13.5. The number of carbonyl (C=O) groups is 1. The van der Waals surface area contributed by atoms with Gasteiger partial charge < -0.3 is 5.32 Å². The average Bonchev–Trinajstić information content (AvgIpc) is 3.25. The van der Waals surface area contributed by atoms with E-state index in [0.29, 0.717) is 25.0 Å². The van der Waals surface area contributed by atoms with E-state index in [1.807, 2.05) is 31.2 Å². The number of sulfonamides is 1. The minimum Gasteiger partial charge on any atom is -0.351 e. The van der Waals surface area contributed by atoms with Gasteiger partial charge in [-0.05, 0) is 55.0 Å². The highest BCUT2D eigenvalue weighted by atomic mass is 32.2. The molecule has 1 saturated heterocycles. The summed E-state index contributed by atoms with van der Waals surface area (Å²) in [7, 11) is -3.85. The first kappa shape index (κ1) is 23.4. The number of aromatic nitrogens is 3. The third-order valence-corrected chi connectivity index (χ3v) is 8.09. The van der Waals surface area contributed by atoms with Gasteiger partial charge in [0.05, 0.1) is 10.4 Å². The SMILES string of the molecule is CCCn1nnc2cc(S(=O)(=O)N3CCCCC3C(=O)NCc3ccc(CC)cc3)ccc21. The van der Waals surface area contributed by atoms with Crippen LogP contribution in [0.3, 0.4) is 0 Å². The van der Waals surface area contributed by atoms with Crippen LogP contribution in [0.1, 0.15) is 50.7 Å². The summed E-state index contributed by atoms with van der Waals surface area (Å²) in [6, 6.07) is 12.3. The molecule has 1 atom stereocenters. The van der Waals surface area contributed by atoms with E-state index >= 15 is 0 Å². The van der Waals surface area contributed by atoms with E-state index < -0.39 is 16.1 Å². The number of nitrogens with one attached hydrogen (secondary N) is 1. The van der Waals surface area contributed by atoms with Crippen molar-refractivity contribution in [1.82, 2.24) is 24.6 Å². The zero-order valence-corrected chi connectivity index (χ0v) is 20.0. The number of fused-ring (bicyclic) bond motifs is 1. The number of hydrogen-bond acceptors (Lipinski definition) is 5. The second-order valence-electron chi connectivity index (χ2n) is 8.48. The Morgan fingerprint density at radius 3 is 2.58 bits per heavy atom. The van der Waals surface area contributed by atoms with Crippen molar-refractivity contribution >= 4 is 27.0 Å². The summed E-state index contributed by atoms with van der Waals surface area (Å²) in [5, 5.41) is 11.2. The summed E-state index contributed by atoms with van der Waals surface area (Å²) in [4.78, 5) is 13.2. The van der Waals surface area contributed by atoms with Crippen LogP contribution in [0.5, 0.6) is 0 Å². The van der Waals surface area contributed by atoms with Gasteiger partial charge in [-0.1, -0.05) is 49.7 Å². The van der Waals surface area contributed by atoms with Crippen molar-refractivity contribution in [3.05, 3.63) is 53.6 Å². The quantitative estimate of drug-likeness (QED) is 0.546. The van der Waals surface area contributed by atoms with Gasteiger partial charge in [-0.25, -0.2) is 13.1 Å². The third-order valence-electron chi connectivity index (χ3n) is 6.18. The van der Waals surface area contributed by atoms with Gasteiger partial charge in [-0.3, -0.25) is 4.79 Å². The van der Waals surface area contributed by atoms with Crippen molar-refractivity contribution in [3.63, 3.8) is 0 Å². The second-order valence-corrected chi connectivity index (χ2v) is 10.4. The summed E-state index contributed by atoms with van der Waals surface area (Å²) >= 11 is 0. The van der Waals surface area contributed by atoms with Crippen molar-refractivity contribution in [2.45, 2.75) is 70.0 Å². The molecule has 1 fully saturated rings. The molecule has 1 aliphatic rings. The van der Waals surface area contributed by atoms with E-state index in [4.69, 9.17) is 0 Å². The Morgan fingerprint density at radius 2 is 1.85 bits per heavy atom. The lowest BCUT2D eigenvalue weighted by Crippen LogP contribution is -2.51. The number of amides is 1. The lowest BCUT2D eigenvalue weighted by Gasteiger charge is -2.33. The summed E-state index contributed by atoms with van der Waals surface area (Å²) in [6.45, 7) is 5.57. The van der Waals surface area contributed by atoms with Crippen molar-refractivity contribution < 1.29 is 13.2 Å². The lowest BCUT2D eigenvalue weighted by molar-refractivity contribution is -0.125. The van der Waals surface area contributed by atoms with Crippen LogP contribution in [-0.4, -0.2) is 46.2 Å². The van der Waals surface area contributed by atoms with Crippen LogP contribution in [-0.2, 0) is 34.3 Å². The van der Waals surface area contributed by atoms with Crippen molar-refractivity contribution in [2.24, 2.45) is 0 Å². The molecule has 1 unspecified atom stereocenters. The number of rotatable bonds is 8. The van der Waals surface area contributed by atoms with Gasteiger partial charge in [0.1, 0.15) is 11.6 Å². The monoisotopic (exact) mass is 469 g/mol. The first-order chi connectivity index (χ1) is 15.9. The zero-order chi connectivity index (χ0) is 23.4. The van der Waals surface area contributed by atoms with Crippen LogP contribution in [0, 0.1) is 0 Å². The molecule has 4 rings (SSSR count). The van der Waals surface area contributed by atoms with Gasteiger partial charge in [0.25, 0.3) is 0 Å². The Morgan fingerprint density at radius 1 is 1.09 bits per heavy atom. The molecule has 2 heterocycles. The van der Waals surface area contributed by atoms with E-state index in [2.05, 4.69) is 22.6 Å². The predicted octanol–water partition coefficient (Wildman–Crippen LogP) is 3.26. The van der Waals surface area contributed by atoms with Crippen molar-refractivity contribution in [2.75, 3.05) is 6.54 Å². The predicted molar refractivity (Wildman–Crippen MR) is 127 cm³/mol. The Kier molecular flexibility index (Phi) is 7.09. The minimum absolute atomic E-state index is 0.147. The van der Waals surface area contributed by atoms with E-state index in [1.54, 1.807) is 22.9 Å². The smallest absolute Gasteiger partial charge is 0.243 e. The molecule has 1 aliphatic heterocycles. The van der Waals surface area contributed by atoms with Crippen LogP contribution in [0.15, 0.2) is 47.4 Å². The Hall–Kier alpha value is -2.78. The van der Waals surface area contributed by atoms with Gasteiger partial charge in [0.15, 0.2) is 0 Å². The van der Waals surface area contributed by atoms with Gasteiger partial charge in [0.2, 0.25) is 15.9 Å². The molecular formula is C24H31N5O3S. The fourth-order valence-electron chi connectivity index (χ4n) is 4.28. The van der Waals surface area contributed by atoms with Crippen molar-refractivity contribution in [3.8, 4) is 0 Å². The topological polar surface area (TPSA) is 97.2 Å². The molecule has 0 aliphatic carbocycles. The van der Waals surface area contributed by atoms with E-state index in [-0.39, 0.29) is 10.8 Å². The highest BCUT2D eigenvalue weighted by Gasteiger charge is 2.37. The summed E-state index contributed by atoms with van der Waals surface area (Å²) < 4.78 is 30.2. The Balaban J connectivity index is 1.52. The number of hydrogen-bond donors (Lipinski definition) is 1. The number of carbonyl (C=O) groups excluding carboxylic acids is 1. The summed E-state index contributed by atoms with van der Waals surface area (Å²) in [6.07, 6.45) is 3.93. The van der Waals surface area contributed by atoms with Gasteiger partial charge in [-0.2, -0.15) is 4.31 Å². The molecule has 8 nitrogen and oxygen atoms in total. The molecule has 3 aromatic rings. The molecule has 2 aromatic carbocycles. The van der Waals surface area contributed by atoms with Crippen molar-refractivity contribution in [1.29, 1.82) is 0 Å². The zero-order valence-electron chi connectivity index (χ0n) is 19.2. The molecule has 0 spiro atoms. The lowest BCUT2D eigenvalue weighted by atomic mass is 10.0. The molecule has 1 N–H and O–H groups in total. The average molecular weight is 470 g/mol. The number of nitrogens with zero attached hydrogens (tertiary/aromatic N) is 4. The Bertz CT molecular complexity index is 1220. The van der Waals surface area contributed by atoms with E-state index in [0.717, 1.165) is 43.3 Å². The maximum Gasteiger partial charge on any atom is 0.243 e. The first-order valence-corrected chi connectivity index (χ1v) is 13.1. The minimum atomic E-state index is -3.85. The fourth-order valence-corrected chi connectivity index (χ4v) is 5.96. The van der Waals surface area contributed by atoms with E-state index in [9.17, 15) is 13.2 Å². The van der Waals surface area contributed by atoms with E-state index in [1.165, 1.54) is 9.87 Å². The van der Waals surface area contributed by atoms with Crippen LogP contribution >= 0.6 is 0 Å². The van der Waals surface area contributed by atoms with Gasteiger partial charge in [-0.15, -0.1) is 5.10 Å². The van der Waals surface area contributed by atoms with Crippen LogP contribution in [0.2, 0.25) is 0 Å². The number of aryl methyl sites for hydroxylation is 2. The third kappa shape index (κ3) is 4.94. The number of benzene rings is 2. The maximum atomic E-state index is 13.5.